The van der Waals surface area contributed by atoms with Crippen molar-refractivity contribution in [2.24, 2.45) is 0 Å². The first-order valence-electron chi connectivity index (χ1n) is 7.58. The number of unbranched alkanes of at least 4 members (excludes halogenated alkanes) is 1. The zero-order valence-electron chi connectivity index (χ0n) is 13.8. The lowest BCUT2D eigenvalue weighted by Crippen LogP contribution is -2.13. The van der Waals surface area contributed by atoms with Crippen LogP contribution in [0.4, 0.5) is 24.7 Å². The van der Waals surface area contributed by atoms with E-state index < -0.39 is 12.1 Å². The molecule has 0 atom stereocenters. The number of hydrogen-bond acceptors (Lipinski definition) is 6. The highest BCUT2D eigenvalue weighted by Crippen LogP contribution is 2.27. The summed E-state index contributed by atoms with van der Waals surface area (Å²) in [6, 6.07) is 3.53. The minimum atomic E-state index is -4.64. The van der Waals surface area contributed by atoms with Crippen LogP contribution >= 0.6 is 0 Å². The molecule has 2 heterocycles. The number of carbonyl (C=O) groups is 1. The summed E-state index contributed by atoms with van der Waals surface area (Å²) in [6.45, 7) is 0. The molecule has 7 nitrogen and oxygen atoms in total. The maximum absolute atomic E-state index is 12.3. The number of carbonyl (C=O) groups excluding carboxylic acids is 1. The average molecular weight is 357 g/mol. The number of aromatic nitrogens is 3. The van der Waals surface area contributed by atoms with Gasteiger partial charge in [0.2, 0.25) is 5.91 Å². The van der Waals surface area contributed by atoms with Gasteiger partial charge in [0.1, 0.15) is 5.82 Å². The van der Waals surface area contributed by atoms with Crippen LogP contribution in [-0.4, -0.2) is 35.1 Å². The molecular formula is C15H18F3N5O2. The molecule has 0 saturated heterocycles. The van der Waals surface area contributed by atoms with Crippen LogP contribution in [0.2, 0.25) is 0 Å². The Bertz CT molecular complexity index is 698. The van der Waals surface area contributed by atoms with Crippen molar-refractivity contribution in [2.75, 3.05) is 24.3 Å². The largest absolute Gasteiger partial charge is 0.471 e. The Morgan fingerprint density at radius 2 is 2.04 bits per heavy atom. The zero-order chi connectivity index (χ0) is 18.4. The number of nitrogens with zero attached hydrogens (tertiary/aromatic N) is 4. The summed E-state index contributed by atoms with van der Waals surface area (Å²) in [5.74, 6) is -0.787. The van der Waals surface area contributed by atoms with E-state index in [1.807, 2.05) is 19.0 Å². The van der Waals surface area contributed by atoms with E-state index >= 15 is 0 Å². The summed E-state index contributed by atoms with van der Waals surface area (Å²) in [5.41, 5.74) is 0.587. The van der Waals surface area contributed by atoms with E-state index in [0.717, 1.165) is 5.82 Å². The van der Waals surface area contributed by atoms with Gasteiger partial charge in [0.25, 0.3) is 0 Å². The minimum Gasteiger partial charge on any atom is -0.363 e. The number of aryl methyl sites for hydroxylation is 1. The Balaban J connectivity index is 1.71. The quantitative estimate of drug-likeness (QED) is 0.767. The standard InChI is InChI=1S/C15H18F3N5O2/c1-23(2)12-8-7-10(9-19-12)20-13(24)6-4-3-5-11-21-14(25-22-11)15(16,17)18/h7-9H,3-6H2,1-2H3,(H,20,24). The van der Waals surface area contributed by atoms with Crippen molar-refractivity contribution in [1.29, 1.82) is 0 Å². The first-order chi connectivity index (χ1) is 11.8. The van der Waals surface area contributed by atoms with Gasteiger partial charge in [-0.1, -0.05) is 5.16 Å². The summed E-state index contributed by atoms with van der Waals surface area (Å²) >= 11 is 0. The predicted octanol–water partition coefficient (Wildman–Crippen LogP) is 2.90. The van der Waals surface area contributed by atoms with Crippen LogP contribution in [0.3, 0.4) is 0 Å². The fourth-order valence-corrected chi connectivity index (χ4v) is 1.99. The number of anilines is 2. The summed E-state index contributed by atoms with van der Waals surface area (Å²) in [5, 5.41) is 5.98. The van der Waals surface area contributed by atoms with Crippen molar-refractivity contribution < 1.29 is 22.5 Å². The molecule has 0 unspecified atom stereocenters. The molecule has 0 spiro atoms. The zero-order valence-corrected chi connectivity index (χ0v) is 13.8. The lowest BCUT2D eigenvalue weighted by molar-refractivity contribution is -0.159. The molecule has 25 heavy (non-hydrogen) atoms. The minimum absolute atomic E-state index is 0.0174. The van der Waals surface area contributed by atoms with Gasteiger partial charge in [-0.15, -0.1) is 0 Å². The maximum Gasteiger partial charge on any atom is 0.471 e. The Morgan fingerprint density at radius 3 is 2.60 bits per heavy atom. The van der Waals surface area contributed by atoms with E-state index in [1.54, 1.807) is 18.3 Å². The third-order valence-corrected chi connectivity index (χ3v) is 3.25. The topological polar surface area (TPSA) is 84.2 Å². The molecule has 10 heteroatoms. The summed E-state index contributed by atoms with van der Waals surface area (Å²) < 4.78 is 41.1. The lowest BCUT2D eigenvalue weighted by atomic mass is 10.2. The molecule has 0 aromatic carbocycles. The SMILES string of the molecule is CN(C)c1ccc(NC(=O)CCCCc2noc(C(F)(F)F)n2)cn1. The number of hydrogen-bond donors (Lipinski definition) is 1. The van der Waals surface area contributed by atoms with Gasteiger partial charge in [0.15, 0.2) is 5.82 Å². The van der Waals surface area contributed by atoms with E-state index in [0.29, 0.717) is 18.5 Å². The van der Waals surface area contributed by atoms with Crippen LogP contribution in [-0.2, 0) is 17.4 Å². The number of halogens is 3. The molecule has 0 bridgehead atoms. The average Bonchev–Trinajstić information content (AvgIpc) is 3.01. The third-order valence-electron chi connectivity index (χ3n) is 3.25. The second-order valence-corrected chi connectivity index (χ2v) is 5.57. The summed E-state index contributed by atoms with van der Waals surface area (Å²) in [4.78, 5) is 21.1. The van der Waals surface area contributed by atoms with E-state index in [1.165, 1.54) is 0 Å². The van der Waals surface area contributed by atoms with Crippen molar-refractivity contribution in [3.8, 4) is 0 Å². The normalized spacial score (nSPS) is 11.4. The van der Waals surface area contributed by atoms with E-state index in [2.05, 4.69) is 25.0 Å². The maximum atomic E-state index is 12.3. The van der Waals surface area contributed by atoms with Crippen LogP contribution in [0, 0.1) is 0 Å². The molecule has 2 rings (SSSR count). The number of nitrogens with one attached hydrogen (secondary N) is 1. The summed E-state index contributed by atoms with van der Waals surface area (Å²) in [6.07, 6.45) is -1.66. The fourth-order valence-electron chi connectivity index (χ4n) is 1.99. The van der Waals surface area contributed by atoms with E-state index in [-0.39, 0.29) is 24.6 Å². The highest BCUT2D eigenvalue weighted by molar-refractivity contribution is 5.90. The van der Waals surface area contributed by atoms with Gasteiger partial charge in [0, 0.05) is 26.9 Å². The number of pyridine rings is 1. The lowest BCUT2D eigenvalue weighted by Gasteiger charge is -2.11. The molecule has 0 fully saturated rings. The van der Waals surface area contributed by atoms with Gasteiger partial charge >= 0.3 is 12.1 Å². The van der Waals surface area contributed by atoms with Crippen LogP contribution in [0.1, 0.15) is 31.0 Å². The van der Waals surface area contributed by atoms with E-state index in [4.69, 9.17) is 0 Å². The van der Waals surface area contributed by atoms with Gasteiger partial charge in [-0.3, -0.25) is 4.79 Å². The Hall–Kier alpha value is -2.65. The van der Waals surface area contributed by atoms with Gasteiger partial charge in [0.05, 0.1) is 11.9 Å². The molecule has 1 N–H and O–H groups in total. The smallest absolute Gasteiger partial charge is 0.363 e. The van der Waals surface area contributed by atoms with Crippen LogP contribution < -0.4 is 10.2 Å². The third kappa shape index (κ3) is 5.73. The van der Waals surface area contributed by atoms with Crippen LogP contribution in [0.25, 0.3) is 0 Å². The molecular weight excluding hydrogens is 339 g/mol. The Morgan fingerprint density at radius 1 is 1.28 bits per heavy atom. The van der Waals surface area contributed by atoms with Crippen molar-refractivity contribution in [3.63, 3.8) is 0 Å². The van der Waals surface area contributed by atoms with Gasteiger partial charge in [-0.2, -0.15) is 18.2 Å². The predicted molar refractivity (Wildman–Crippen MR) is 84.0 cm³/mol. The second-order valence-electron chi connectivity index (χ2n) is 5.57. The van der Waals surface area contributed by atoms with Gasteiger partial charge in [-0.05, 0) is 25.0 Å². The molecule has 2 aromatic rings. The number of alkyl halides is 3. The highest BCUT2D eigenvalue weighted by atomic mass is 19.4. The van der Waals surface area contributed by atoms with Crippen LogP contribution in [0.15, 0.2) is 22.9 Å². The summed E-state index contributed by atoms with van der Waals surface area (Å²) in [7, 11) is 3.73. The molecule has 0 aliphatic rings. The van der Waals surface area contributed by atoms with Crippen LogP contribution in [0.5, 0.6) is 0 Å². The first-order valence-corrected chi connectivity index (χ1v) is 7.58. The molecule has 0 aliphatic heterocycles. The Labute approximate surface area is 142 Å². The first kappa shape index (κ1) is 18.7. The molecule has 0 radical (unpaired) electrons. The monoisotopic (exact) mass is 357 g/mol. The Kier molecular flexibility index (Phi) is 5.94. The second kappa shape index (κ2) is 7.95. The van der Waals surface area contributed by atoms with Crippen molar-refractivity contribution in [2.45, 2.75) is 31.9 Å². The molecule has 2 aromatic heterocycles. The van der Waals surface area contributed by atoms with E-state index in [9.17, 15) is 18.0 Å². The molecule has 0 saturated carbocycles. The fraction of sp³-hybridized carbons (Fsp3) is 0.467. The molecule has 1 amide bonds. The van der Waals surface area contributed by atoms with Crippen molar-refractivity contribution >= 4 is 17.4 Å². The number of rotatable bonds is 7. The van der Waals surface area contributed by atoms with Crippen molar-refractivity contribution in [1.82, 2.24) is 15.1 Å². The number of amides is 1. The molecule has 136 valence electrons. The van der Waals surface area contributed by atoms with Crippen molar-refractivity contribution in [3.05, 3.63) is 30.0 Å². The molecule has 0 aliphatic carbocycles. The van der Waals surface area contributed by atoms with Gasteiger partial charge in [-0.25, -0.2) is 4.98 Å². The highest BCUT2D eigenvalue weighted by Gasteiger charge is 2.38. The van der Waals surface area contributed by atoms with Gasteiger partial charge < -0.3 is 14.7 Å².